The number of piperazine rings is 1. The molecule has 4 N–H and O–H groups in total. The zero-order valence-electron chi connectivity index (χ0n) is 20.4. The molecule has 3 heterocycles. The van der Waals surface area contributed by atoms with E-state index in [0.717, 1.165) is 49.8 Å². The summed E-state index contributed by atoms with van der Waals surface area (Å²) in [5.41, 5.74) is 8.38. The number of nitrogens with one attached hydrogen (secondary N) is 1. The Morgan fingerprint density at radius 1 is 1.06 bits per heavy atom. The average Bonchev–Trinajstić information content (AvgIpc) is 3.21. The number of nitrogens with zero attached hydrogens (tertiary/aromatic N) is 6. The van der Waals surface area contributed by atoms with Crippen LogP contribution in [0.1, 0.15) is 24.1 Å². The van der Waals surface area contributed by atoms with E-state index in [4.69, 9.17) is 10.8 Å². The van der Waals surface area contributed by atoms with Gasteiger partial charge in [0, 0.05) is 69.3 Å². The maximum Gasteiger partial charge on any atom is 0.224 e. The molecule has 1 aliphatic rings. The fourth-order valence-corrected chi connectivity index (χ4v) is 4.16. The van der Waals surface area contributed by atoms with Crippen molar-refractivity contribution in [3.8, 4) is 5.82 Å². The lowest BCUT2D eigenvalue weighted by Crippen LogP contribution is -2.46. The highest BCUT2D eigenvalue weighted by molar-refractivity contribution is 5.54. The number of nitrogen functional groups attached to an aromatic ring is 1. The number of aromatic nitrogens is 4. The molecule has 1 aromatic carbocycles. The van der Waals surface area contributed by atoms with E-state index in [1.54, 1.807) is 16.9 Å². The van der Waals surface area contributed by atoms with Crippen molar-refractivity contribution >= 4 is 23.5 Å². The summed E-state index contributed by atoms with van der Waals surface area (Å²) in [5.74, 6) is 0.240. The SMILES string of the molecule is Cc1c(C=CCN2CCN(c3cc(F)cc(F)c3)CC2)cnn1-c1cc(NCCCCO)nc(N)n1. The minimum Gasteiger partial charge on any atom is -0.396 e. The van der Waals surface area contributed by atoms with E-state index in [2.05, 4.69) is 31.4 Å². The first kappa shape index (κ1) is 25.5. The lowest BCUT2D eigenvalue weighted by molar-refractivity contribution is 0.284. The third-order valence-corrected chi connectivity index (χ3v) is 6.13. The van der Waals surface area contributed by atoms with Crippen molar-refractivity contribution < 1.29 is 13.9 Å². The highest BCUT2D eigenvalue weighted by Gasteiger charge is 2.17. The normalized spacial score (nSPS) is 14.6. The van der Waals surface area contributed by atoms with Gasteiger partial charge < -0.3 is 21.1 Å². The number of aliphatic hydroxyl groups excluding tert-OH is 1. The lowest BCUT2D eigenvalue weighted by Gasteiger charge is -2.35. The van der Waals surface area contributed by atoms with Gasteiger partial charge in [0.1, 0.15) is 17.5 Å². The Labute approximate surface area is 209 Å². The zero-order chi connectivity index (χ0) is 25.5. The number of nitrogens with two attached hydrogens (primary N) is 1. The highest BCUT2D eigenvalue weighted by atomic mass is 19.1. The van der Waals surface area contributed by atoms with Gasteiger partial charge in [0.05, 0.1) is 11.9 Å². The fraction of sp³-hybridized carbons (Fsp3) is 0.400. The first-order valence-electron chi connectivity index (χ1n) is 12.1. The van der Waals surface area contributed by atoms with Crippen molar-refractivity contribution in [3.05, 3.63) is 59.4 Å². The third-order valence-electron chi connectivity index (χ3n) is 6.13. The van der Waals surface area contributed by atoms with Crippen molar-refractivity contribution in [1.29, 1.82) is 0 Å². The van der Waals surface area contributed by atoms with E-state index in [0.29, 0.717) is 37.0 Å². The van der Waals surface area contributed by atoms with Crippen molar-refractivity contribution in [2.45, 2.75) is 19.8 Å². The Hall–Kier alpha value is -3.57. The van der Waals surface area contributed by atoms with Crippen LogP contribution in [-0.4, -0.2) is 75.6 Å². The van der Waals surface area contributed by atoms with Crippen LogP contribution in [0.4, 0.5) is 26.2 Å². The first-order valence-corrected chi connectivity index (χ1v) is 12.1. The van der Waals surface area contributed by atoms with Crippen LogP contribution in [0, 0.1) is 18.6 Å². The molecule has 2 aromatic heterocycles. The summed E-state index contributed by atoms with van der Waals surface area (Å²) in [5, 5.41) is 16.6. The van der Waals surface area contributed by atoms with E-state index in [1.807, 2.05) is 17.9 Å². The molecule has 1 fully saturated rings. The second-order valence-electron chi connectivity index (χ2n) is 8.74. The third kappa shape index (κ3) is 6.55. The molecule has 0 spiro atoms. The number of benzene rings is 1. The van der Waals surface area contributed by atoms with Gasteiger partial charge in [-0.2, -0.15) is 15.1 Å². The number of halogens is 2. The van der Waals surface area contributed by atoms with Crippen LogP contribution in [-0.2, 0) is 0 Å². The largest absolute Gasteiger partial charge is 0.396 e. The van der Waals surface area contributed by atoms with Crippen LogP contribution in [0.3, 0.4) is 0 Å². The molecule has 0 aliphatic carbocycles. The maximum atomic E-state index is 13.5. The van der Waals surface area contributed by atoms with Crippen molar-refractivity contribution in [2.75, 3.05) is 61.8 Å². The molecule has 0 amide bonds. The molecular formula is C25H32F2N8O. The summed E-state index contributed by atoms with van der Waals surface area (Å²) in [4.78, 5) is 12.8. The van der Waals surface area contributed by atoms with Gasteiger partial charge in [-0.05, 0) is 31.9 Å². The van der Waals surface area contributed by atoms with Crippen molar-refractivity contribution in [1.82, 2.24) is 24.6 Å². The quantitative estimate of drug-likeness (QED) is 0.366. The van der Waals surface area contributed by atoms with Gasteiger partial charge >= 0.3 is 0 Å². The molecule has 4 rings (SSSR count). The van der Waals surface area contributed by atoms with Crippen molar-refractivity contribution in [3.63, 3.8) is 0 Å². The second kappa shape index (κ2) is 11.9. The van der Waals surface area contributed by atoms with Gasteiger partial charge in [0.15, 0.2) is 5.82 Å². The fourth-order valence-electron chi connectivity index (χ4n) is 4.16. The summed E-state index contributed by atoms with van der Waals surface area (Å²) in [7, 11) is 0. The van der Waals surface area contributed by atoms with Gasteiger partial charge in [-0.15, -0.1) is 0 Å². The molecule has 3 aromatic rings. The van der Waals surface area contributed by atoms with Crippen LogP contribution in [0.2, 0.25) is 0 Å². The predicted octanol–water partition coefficient (Wildman–Crippen LogP) is 2.85. The summed E-state index contributed by atoms with van der Waals surface area (Å²) < 4.78 is 28.8. The molecular weight excluding hydrogens is 466 g/mol. The Bertz CT molecular complexity index is 1170. The van der Waals surface area contributed by atoms with Gasteiger partial charge in [-0.3, -0.25) is 4.90 Å². The zero-order valence-corrected chi connectivity index (χ0v) is 20.4. The molecule has 1 aliphatic heterocycles. The van der Waals surface area contributed by atoms with Crippen LogP contribution in [0.15, 0.2) is 36.5 Å². The predicted molar refractivity (Wildman–Crippen MR) is 137 cm³/mol. The maximum absolute atomic E-state index is 13.5. The van der Waals surface area contributed by atoms with Gasteiger partial charge in [0.25, 0.3) is 0 Å². The standard InChI is InChI=1S/C25H32F2N8O/c1-18-19(17-30-35(18)24-16-23(31-25(28)32-24)29-6-2-3-12-36)5-4-7-33-8-10-34(11-9-33)22-14-20(26)13-21(27)15-22/h4-5,13-17,36H,2-3,6-12H2,1H3,(H3,28,29,31,32). The molecule has 1 saturated heterocycles. The Kier molecular flexibility index (Phi) is 8.44. The van der Waals surface area contributed by atoms with Gasteiger partial charge in [-0.25, -0.2) is 13.5 Å². The number of aliphatic hydroxyl groups is 1. The smallest absolute Gasteiger partial charge is 0.224 e. The number of anilines is 3. The van der Waals surface area contributed by atoms with E-state index in [-0.39, 0.29) is 12.6 Å². The van der Waals surface area contributed by atoms with Crippen LogP contribution >= 0.6 is 0 Å². The molecule has 192 valence electrons. The first-order chi connectivity index (χ1) is 17.4. The molecule has 36 heavy (non-hydrogen) atoms. The van der Waals surface area contributed by atoms with Crippen molar-refractivity contribution in [2.24, 2.45) is 0 Å². The number of unbranched alkanes of at least 4 members (excludes halogenated alkanes) is 1. The minimum atomic E-state index is -0.554. The molecule has 0 bridgehead atoms. The van der Waals surface area contributed by atoms with E-state index < -0.39 is 11.6 Å². The highest BCUT2D eigenvalue weighted by Crippen LogP contribution is 2.20. The summed E-state index contributed by atoms with van der Waals surface area (Å²) >= 11 is 0. The van der Waals surface area contributed by atoms with Crippen LogP contribution in [0.25, 0.3) is 11.9 Å². The van der Waals surface area contributed by atoms with Crippen LogP contribution in [0.5, 0.6) is 0 Å². The minimum absolute atomic E-state index is 0.157. The average molecular weight is 499 g/mol. The van der Waals surface area contributed by atoms with Gasteiger partial charge in [-0.1, -0.05) is 12.2 Å². The summed E-state index contributed by atoms with van der Waals surface area (Å²) in [6, 6.07) is 5.44. The number of hydrogen-bond donors (Lipinski definition) is 3. The van der Waals surface area contributed by atoms with Gasteiger partial charge in [0.2, 0.25) is 5.95 Å². The molecule has 11 heteroatoms. The lowest BCUT2D eigenvalue weighted by atomic mass is 10.2. The Morgan fingerprint density at radius 2 is 1.81 bits per heavy atom. The molecule has 0 atom stereocenters. The monoisotopic (exact) mass is 498 g/mol. The van der Waals surface area contributed by atoms with E-state index >= 15 is 0 Å². The second-order valence-corrected chi connectivity index (χ2v) is 8.74. The summed E-state index contributed by atoms with van der Waals surface area (Å²) in [6.07, 6.45) is 7.45. The summed E-state index contributed by atoms with van der Waals surface area (Å²) in [6.45, 7) is 6.58. The molecule has 0 radical (unpaired) electrons. The number of rotatable bonds is 10. The number of hydrogen-bond acceptors (Lipinski definition) is 8. The Morgan fingerprint density at radius 3 is 2.53 bits per heavy atom. The molecule has 9 nitrogen and oxygen atoms in total. The topological polar surface area (TPSA) is 108 Å². The Balaban J connectivity index is 1.33. The molecule has 0 saturated carbocycles. The van der Waals surface area contributed by atoms with E-state index in [9.17, 15) is 8.78 Å². The molecule has 0 unspecified atom stereocenters. The van der Waals surface area contributed by atoms with E-state index in [1.165, 1.54) is 12.1 Å². The van der Waals surface area contributed by atoms with Crippen LogP contribution < -0.4 is 16.0 Å².